The zero-order valence-corrected chi connectivity index (χ0v) is 16.6. The SMILES string of the molecule is CN=C(NCc1cc2c(cc1OC(F)F)OCO2)NCc1nncn1-c1ccccc1. The molecule has 4 rings (SSSR count). The number of halogens is 2. The first-order chi connectivity index (χ1) is 15.1. The van der Waals surface area contributed by atoms with Crippen LogP contribution in [0.15, 0.2) is 53.8 Å². The minimum atomic E-state index is -2.96. The van der Waals surface area contributed by atoms with Crippen LogP contribution in [0.1, 0.15) is 11.4 Å². The van der Waals surface area contributed by atoms with Crippen molar-refractivity contribution in [1.29, 1.82) is 0 Å². The number of fused-ring (bicyclic) bond motifs is 1. The highest BCUT2D eigenvalue weighted by Gasteiger charge is 2.20. The van der Waals surface area contributed by atoms with Crippen molar-refractivity contribution in [2.75, 3.05) is 13.8 Å². The second-order valence-electron chi connectivity index (χ2n) is 6.42. The number of aromatic nitrogens is 3. The van der Waals surface area contributed by atoms with E-state index < -0.39 is 6.61 Å². The summed E-state index contributed by atoms with van der Waals surface area (Å²) in [6.45, 7) is -2.41. The van der Waals surface area contributed by atoms with Crippen molar-refractivity contribution < 1.29 is 23.0 Å². The number of rotatable bonds is 7. The minimum Gasteiger partial charge on any atom is -0.454 e. The average molecular weight is 430 g/mol. The number of ether oxygens (including phenoxy) is 3. The highest BCUT2D eigenvalue weighted by molar-refractivity contribution is 5.79. The number of nitrogens with zero attached hydrogens (tertiary/aromatic N) is 4. The molecule has 2 aromatic carbocycles. The number of hydrogen-bond acceptors (Lipinski definition) is 6. The summed E-state index contributed by atoms with van der Waals surface area (Å²) in [6.07, 6.45) is 1.63. The van der Waals surface area contributed by atoms with Gasteiger partial charge in [-0.3, -0.25) is 9.56 Å². The first-order valence-electron chi connectivity index (χ1n) is 9.40. The Morgan fingerprint density at radius 2 is 1.90 bits per heavy atom. The molecule has 0 saturated heterocycles. The summed E-state index contributed by atoms with van der Waals surface area (Å²) in [6, 6.07) is 12.7. The van der Waals surface area contributed by atoms with Gasteiger partial charge in [-0.25, -0.2) is 0 Å². The van der Waals surface area contributed by atoms with Crippen molar-refractivity contribution in [2.45, 2.75) is 19.7 Å². The van der Waals surface area contributed by atoms with Crippen molar-refractivity contribution in [3.8, 4) is 22.9 Å². The Kier molecular flexibility index (Phi) is 6.11. The Morgan fingerprint density at radius 3 is 2.65 bits per heavy atom. The van der Waals surface area contributed by atoms with Gasteiger partial charge in [0.15, 0.2) is 23.3 Å². The lowest BCUT2D eigenvalue weighted by Crippen LogP contribution is -2.37. The third kappa shape index (κ3) is 4.82. The Balaban J connectivity index is 1.42. The van der Waals surface area contributed by atoms with Crippen LogP contribution in [0.2, 0.25) is 0 Å². The molecule has 9 nitrogen and oxygen atoms in total. The van der Waals surface area contributed by atoms with Gasteiger partial charge in [0, 0.05) is 30.9 Å². The molecule has 2 N–H and O–H groups in total. The number of nitrogens with one attached hydrogen (secondary N) is 2. The molecule has 31 heavy (non-hydrogen) atoms. The Labute approximate surface area is 176 Å². The van der Waals surface area contributed by atoms with E-state index in [0.717, 1.165) is 5.69 Å². The molecule has 0 amide bonds. The molecule has 162 valence electrons. The fourth-order valence-electron chi connectivity index (χ4n) is 3.06. The van der Waals surface area contributed by atoms with Crippen LogP contribution in [-0.2, 0) is 13.1 Å². The number of aliphatic imine (C=N–C) groups is 1. The summed E-state index contributed by atoms with van der Waals surface area (Å²) in [5, 5.41) is 14.3. The van der Waals surface area contributed by atoms with E-state index in [4.69, 9.17) is 9.47 Å². The maximum absolute atomic E-state index is 12.8. The van der Waals surface area contributed by atoms with E-state index in [1.54, 1.807) is 19.4 Å². The van der Waals surface area contributed by atoms with Gasteiger partial charge in [-0.1, -0.05) is 18.2 Å². The number of alkyl halides is 2. The molecular formula is C20H20F2N6O3. The lowest BCUT2D eigenvalue weighted by Gasteiger charge is -2.15. The van der Waals surface area contributed by atoms with Crippen molar-refractivity contribution in [3.63, 3.8) is 0 Å². The molecule has 0 atom stereocenters. The van der Waals surface area contributed by atoms with Crippen LogP contribution in [0.3, 0.4) is 0 Å². The maximum atomic E-state index is 12.8. The minimum absolute atomic E-state index is 0.00558. The van der Waals surface area contributed by atoms with Gasteiger partial charge < -0.3 is 24.8 Å². The summed E-state index contributed by atoms with van der Waals surface area (Å²) in [7, 11) is 1.60. The third-order valence-corrected chi connectivity index (χ3v) is 4.51. The maximum Gasteiger partial charge on any atom is 0.387 e. The van der Waals surface area contributed by atoms with Gasteiger partial charge in [0.05, 0.1) is 6.54 Å². The van der Waals surface area contributed by atoms with E-state index in [9.17, 15) is 8.78 Å². The number of guanidine groups is 1. The molecule has 2 heterocycles. The zero-order chi connectivity index (χ0) is 21.6. The lowest BCUT2D eigenvalue weighted by atomic mass is 10.1. The van der Waals surface area contributed by atoms with E-state index in [1.807, 2.05) is 34.9 Å². The second kappa shape index (κ2) is 9.28. The van der Waals surface area contributed by atoms with Crippen LogP contribution >= 0.6 is 0 Å². The molecule has 0 unspecified atom stereocenters. The van der Waals surface area contributed by atoms with Crippen LogP contribution in [-0.4, -0.2) is 41.2 Å². The van der Waals surface area contributed by atoms with Crippen molar-refractivity contribution in [2.24, 2.45) is 4.99 Å². The lowest BCUT2D eigenvalue weighted by molar-refractivity contribution is -0.0505. The van der Waals surface area contributed by atoms with E-state index in [-0.39, 0.29) is 19.1 Å². The van der Waals surface area contributed by atoms with Crippen molar-refractivity contribution >= 4 is 5.96 Å². The van der Waals surface area contributed by atoms with Gasteiger partial charge in [0.1, 0.15) is 12.1 Å². The van der Waals surface area contributed by atoms with Gasteiger partial charge in [-0.05, 0) is 18.2 Å². The predicted molar refractivity (Wildman–Crippen MR) is 108 cm³/mol. The van der Waals surface area contributed by atoms with Crippen LogP contribution < -0.4 is 24.8 Å². The summed E-state index contributed by atoms with van der Waals surface area (Å²) >= 11 is 0. The Bertz CT molecular complexity index is 1060. The molecule has 1 aliphatic rings. The molecule has 11 heteroatoms. The van der Waals surface area contributed by atoms with Gasteiger partial charge in [0.25, 0.3) is 0 Å². The standard InChI is InChI=1S/C20H20F2N6O3/c1-23-20(25-10-18-27-26-11-28(18)14-5-3-2-4-6-14)24-9-13-7-16-17(30-12-29-16)8-15(13)31-19(21)22/h2-8,11,19H,9-10,12H2,1H3,(H2,23,24,25). The zero-order valence-electron chi connectivity index (χ0n) is 16.6. The van der Waals surface area contributed by atoms with Crippen LogP contribution in [0.4, 0.5) is 8.78 Å². The summed E-state index contributed by atoms with van der Waals surface area (Å²) in [4.78, 5) is 4.16. The first kappa shape index (κ1) is 20.4. The summed E-state index contributed by atoms with van der Waals surface area (Å²) < 4.78 is 42.7. The van der Waals surface area contributed by atoms with E-state index >= 15 is 0 Å². The molecule has 0 aliphatic carbocycles. The van der Waals surface area contributed by atoms with Gasteiger partial charge >= 0.3 is 6.61 Å². The summed E-state index contributed by atoms with van der Waals surface area (Å²) in [5.41, 5.74) is 1.40. The van der Waals surface area contributed by atoms with Crippen LogP contribution in [0.25, 0.3) is 5.69 Å². The highest BCUT2D eigenvalue weighted by atomic mass is 19.3. The predicted octanol–water partition coefficient (Wildman–Crippen LogP) is 2.46. The summed E-state index contributed by atoms with van der Waals surface area (Å²) in [5.74, 6) is 1.97. The molecule has 0 spiro atoms. The van der Waals surface area contributed by atoms with Crippen LogP contribution in [0.5, 0.6) is 17.2 Å². The largest absolute Gasteiger partial charge is 0.454 e. The smallest absolute Gasteiger partial charge is 0.387 e. The molecule has 0 fully saturated rings. The topological polar surface area (TPSA) is 94.8 Å². The molecule has 0 radical (unpaired) electrons. The molecular weight excluding hydrogens is 410 g/mol. The molecule has 1 aromatic heterocycles. The Hall–Kier alpha value is -3.89. The number of hydrogen-bond donors (Lipinski definition) is 2. The van der Waals surface area contributed by atoms with Crippen molar-refractivity contribution in [3.05, 3.63) is 60.2 Å². The molecule has 3 aromatic rings. The van der Waals surface area contributed by atoms with E-state index in [2.05, 4.69) is 30.6 Å². The van der Waals surface area contributed by atoms with E-state index in [0.29, 0.717) is 35.4 Å². The third-order valence-electron chi connectivity index (χ3n) is 4.51. The van der Waals surface area contributed by atoms with Crippen LogP contribution in [0, 0.1) is 0 Å². The molecule has 0 bridgehead atoms. The Morgan fingerprint density at radius 1 is 1.16 bits per heavy atom. The highest BCUT2D eigenvalue weighted by Crippen LogP contribution is 2.38. The molecule has 1 aliphatic heterocycles. The number of benzene rings is 2. The molecule has 0 saturated carbocycles. The van der Waals surface area contributed by atoms with Crippen molar-refractivity contribution in [1.82, 2.24) is 25.4 Å². The van der Waals surface area contributed by atoms with E-state index in [1.165, 1.54) is 6.07 Å². The monoisotopic (exact) mass is 430 g/mol. The normalized spacial score (nSPS) is 12.8. The average Bonchev–Trinajstić information content (AvgIpc) is 3.43. The number of para-hydroxylation sites is 1. The fraction of sp³-hybridized carbons (Fsp3) is 0.250. The van der Waals surface area contributed by atoms with Gasteiger partial charge in [0.2, 0.25) is 6.79 Å². The van der Waals surface area contributed by atoms with Gasteiger partial charge in [-0.15, -0.1) is 10.2 Å². The van der Waals surface area contributed by atoms with Gasteiger partial charge in [-0.2, -0.15) is 8.78 Å². The first-order valence-corrected chi connectivity index (χ1v) is 9.40. The second-order valence-corrected chi connectivity index (χ2v) is 6.42. The fourth-order valence-corrected chi connectivity index (χ4v) is 3.06. The quantitative estimate of drug-likeness (QED) is 0.439.